The molecule has 4 aromatic rings. The summed E-state index contributed by atoms with van der Waals surface area (Å²) in [6, 6.07) is 3.28. The molecule has 7 heterocycles. The number of aromatic nitrogens is 2. The molecule has 2 aromatic carbocycles. The van der Waals surface area contributed by atoms with Crippen LogP contribution in [0.5, 0.6) is 6.01 Å². The van der Waals surface area contributed by atoms with Gasteiger partial charge in [-0.25, -0.2) is 13.2 Å². The average molecular weight is 712 g/mol. The van der Waals surface area contributed by atoms with E-state index in [1.807, 2.05) is 15.9 Å². The molecular weight excluding hydrogens is 680 g/mol. The molecule has 15 heteroatoms. The van der Waals surface area contributed by atoms with Crippen LogP contribution in [0.3, 0.4) is 0 Å². The summed E-state index contributed by atoms with van der Waals surface area (Å²) in [4.78, 5) is 13.2. The summed E-state index contributed by atoms with van der Waals surface area (Å²) in [5, 5.41) is 13.1. The van der Waals surface area contributed by atoms with Crippen LogP contribution in [-0.4, -0.2) is 70.9 Å². The third-order valence-electron chi connectivity index (χ3n) is 11.4. The van der Waals surface area contributed by atoms with Crippen molar-refractivity contribution in [1.29, 1.82) is 5.26 Å². The van der Waals surface area contributed by atoms with Gasteiger partial charge >= 0.3 is 12.2 Å². The van der Waals surface area contributed by atoms with Gasteiger partial charge in [0.15, 0.2) is 5.82 Å². The number of nitrogens with one attached hydrogen (secondary N) is 1. The Morgan fingerprint density at radius 3 is 2.76 bits per heavy atom. The molecule has 3 N–H and O–H groups in total. The Kier molecular flexibility index (Phi) is 6.96. The number of benzene rings is 2. The highest BCUT2D eigenvalue weighted by atomic mass is 32.1. The van der Waals surface area contributed by atoms with E-state index in [2.05, 4.69) is 16.9 Å². The largest absolute Gasteiger partial charge is 0.461 e. The summed E-state index contributed by atoms with van der Waals surface area (Å²) in [5.74, 6) is -2.00. The number of ether oxygens (including phenoxy) is 1. The molecule has 5 aliphatic rings. The lowest BCUT2D eigenvalue weighted by Crippen LogP contribution is -2.58. The van der Waals surface area contributed by atoms with Crippen LogP contribution in [-0.2, 0) is 6.18 Å². The first-order valence-corrected chi connectivity index (χ1v) is 17.5. The first kappa shape index (κ1) is 31.8. The van der Waals surface area contributed by atoms with Gasteiger partial charge in [0, 0.05) is 54.1 Å². The Bertz CT molecular complexity index is 2180. The van der Waals surface area contributed by atoms with Gasteiger partial charge in [-0.1, -0.05) is 12.6 Å². The van der Waals surface area contributed by atoms with Crippen LogP contribution in [0.1, 0.15) is 55.2 Å². The minimum Gasteiger partial charge on any atom is -0.461 e. The van der Waals surface area contributed by atoms with Crippen molar-refractivity contribution in [2.24, 2.45) is 0 Å². The molecule has 0 saturated carbocycles. The van der Waals surface area contributed by atoms with E-state index < -0.39 is 46.2 Å². The molecule has 2 aromatic heterocycles. The number of hydrogen-bond donors (Lipinski definition) is 2. The highest BCUT2D eigenvalue weighted by molar-refractivity contribution is 7.23. The molecule has 4 fully saturated rings. The van der Waals surface area contributed by atoms with E-state index in [0.29, 0.717) is 30.8 Å². The molecule has 0 aliphatic carbocycles. The van der Waals surface area contributed by atoms with Crippen molar-refractivity contribution in [2.75, 3.05) is 36.9 Å². The zero-order valence-electron chi connectivity index (χ0n) is 26.6. The Hall–Kier alpha value is -4.13. The Morgan fingerprint density at radius 1 is 1.16 bits per heavy atom. The molecule has 0 spiro atoms. The van der Waals surface area contributed by atoms with Crippen molar-refractivity contribution in [2.45, 2.75) is 74.5 Å². The van der Waals surface area contributed by atoms with Crippen LogP contribution < -0.4 is 20.7 Å². The normalized spacial score (nSPS) is 27.5. The van der Waals surface area contributed by atoms with E-state index in [1.165, 1.54) is 0 Å². The van der Waals surface area contributed by atoms with E-state index in [1.54, 1.807) is 0 Å². The number of nitrogen functional groups attached to an aromatic ring is 1. The first-order valence-electron chi connectivity index (χ1n) is 16.7. The second kappa shape index (κ2) is 10.9. The topological polar surface area (TPSA) is 103 Å². The standard InChI is InChI=1S/C35H31F6N7OS/c1-15-9-22-21-6-3-17(44-21)13-48(22)32-26-23(15)27(35(39,40)41)25(18-4-5-20(37)30-24(18)19(11-42)31(43)50-30)28(38)29(26)45-33(46-32)49-14-34-7-2-8-47(34)12-16(36)10-34/h4-5,16-17,21-22,44H,1-3,6-10,12-14,43H2/t16-,17-,21+,22+,34+/m1/s1. The number of anilines is 2. The summed E-state index contributed by atoms with van der Waals surface area (Å²) in [7, 11) is 0. The number of nitrogens with two attached hydrogens (primary N) is 1. The number of piperazine rings is 1. The van der Waals surface area contributed by atoms with Gasteiger partial charge in [0.2, 0.25) is 0 Å². The van der Waals surface area contributed by atoms with E-state index in [0.717, 1.165) is 31.4 Å². The molecule has 9 rings (SSSR count). The number of thiophene rings is 1. The van der Waals surface area contributed by atoms with Gasteiger partial charge in [-0.15, -0.1) is 11.3 Å². The fraction of sp³-hybridized carbons (Fsp3) is 0.457. The molecular formula is C35H31F6N7OS. The zero-order valence-corrected chi connectivity index (χ0v) is 27.5. The number of nitrogens with zero attached hydrogens (tertiary/aromatic N) is 5. The predicted octanol–water partition coefficient (Wildman–Crippen LogP) is 6.94. The van der Waals surface area contributed by atoms with Gasteiger partial charge in [0.1, 0.15) is 41.0 Å². The predicted molar refractivity (Wildman–Crippen MR) is 178 cm³/mol. The molecule has 4 saturated heterocycles. The van der Waals surface area contributed by atoms with Crippen molar-refractivity contribution in [3.8, 4) is 23.2 Å². The number of fused-ring (bicyclic) bond motifs is 7. The lowest BCUT2D eigenvalue weighted by atomic mass is 9.85. The van der Waals surface area contributed by atoms with Gasteiger partial charge in [-0.05, 0) is 55.9 Å². The van der Waals surface area contributed by atoms with Crippen molar-refractivity contribution in [3.63, 3.8) is 0 Å². The average Bonchev–Trinajstić information content (AvgIpc) is 3.80. The minimum atomic E-state index is -5.12. The molecule has 260 valence electrons. The lowest BCUT2D eigenvalue weighted by Gasteiger charge is -2.41. The van der Waals surface area contributed by atoms with Crippen molar-refractivity contribution < 1.29 is 31.1 Å². The number of alkyl halides is 4. The second-order valence-corrected chi connectivity index (χ2v) is 15.2. The van der Waals surface area contributed by atoms with Gasteiger partial charge in [-0.3, -0.25) is 4.90 Å². The maximum absolute atomic E-state index is 17.4. The van der Waals surface area contributed by atoms with Crippen LogP contribution >= 0.6 is 11.3 Å². The Morgan fingerprint density at radius 2 is 1.98 bits per heavy atom. The van der Waals surface area contributed by atoms with Crippen LogP contribution in [0, 0.1) is 23.0 Å². The third-order valence-corrected chi connectivity index (χ3v) is 12.4. The van der Waals surface area contributed by atoms with Crippen LogP contribution in [0.15, 0.2) is 18.7 Å². The maximum atomic E-state index is 17.4. The number of nitriles is 1. The summed E-state index contributed by atoms with van der Waals surface area (Å²) in [6.07, 6.45) is -2.54. The molecule has 8 nitrogen and oxygen atoms in total. The maximum Gasteiger partial charge on any atom is 0.417 e. The summed E-state index contributed by atoms with van der Waals surface area (Å²) < 4.78 is 99.8. The summed E-state index contributed by atoms with van der Waals surface area (Å²) >= 11 is 0.707. The highest BCUT2D eigenvalue weighted by Crippen LogP contribution is 2.54. The van der Waals surface area contributed by atoms with E-state index in [9.17, 15) is 9.65 Å². The summed E-state index contributed by atoms with van der Waals surface area (Å²) in [6.45, 7) is 5.59. The van der Waals surface area contributed by atoms with Gasteiger partial charge in [0.25, 0.3) is 0 Å². The first-order chi connectivity index (χ1) is 23.9. The van der Waals surface area contributed by atoms with Gasteiger partial charge < -0.3 is 20.7 Å². The molecule has 0 radical (unpaired) electrons. The molecule has 5 aliphatic heterocycles. The van der Waals surface area contributed by atoms with Gasteiger partial charge in [0.05, 0.1) is 26.8 Å². The van der Waals surface area contributed by atoms with E-state index >= 15 is 22.0 Å². The van der Waals surface area contributed by atoms with Gasteiger partial charge in [-0.2, -0.15) is 28.4 Å². The molecule has 50 heavy (non-hydrogen) atoms. The Balaban J connectivity index is 1.34. The van der Waals surface area contributed by atoms with Crippen LogP contribution in [0.25, 0.3) is 37.7 Å². The smallest absolute Gasteiger partial charge is 0.417 e. The monoisotopic (exact) mass is 711 g/mol. The lowest BCUT2D eigenvalue weighted by molar-refractivity contribution is -0.137. The number of rotatable bonds is 4. The summed E-state index contributed by atoms with van der Waals surface area (Å²) in [5.41, 5.74) is 2.06. The fourth-order valence-electron chi connectivity index (χ4n) is 9.35. The minimum absolute atomic E-state index is 0.0293. The van der Waals surface area contributed by atoms with Crippen molar-refractivity contribution in [3.05, 3.63) is 47.0 Å². The fourth-order valence-corrected chi connectivity index (χ4v) is 10.3. The second-order valence-electron chi connectivity index (χ2n) is 14.2. The third kappa shape index (κ3) is 4.50. The highest BCUT2D eigenvalue weighted by Gasteiger charge is 2.50. The molecule has 2 bridgehead atoms. The van der Waals surface area contributed by atoms with Crippen molar-refractivity contribution >= 4 is 48.7 Å². The zero-order chi connectivity index (χ0) is 34.9. The molecule has 0 amide bonds. The van der Waals surface area contributed by atoms with Crippen LogP contribution in [0.2, 0.25) is 0 Å². The number of halogens is 6. The van der Waals surface area contributed by atoms with E-state index in [-0.39, 0.29) is 98.7 Å². The Labute approximate surface area is 286 Å². The molecule has 5 atom stereocenters. The quantitative estimate of drug-likeness (QED) is 0.220. The SMILES string of the molecule is C=C1C[C@H]2[C@@H]3CC[C@H](CN2c2nc(OC[C@@]45CCCN4C[C@H](F)C5)nc4c(F)c(-c5ccc(F)c6sc(N)c(C#N)c56)c(C(F)(F)F)c1c24)N3. The van der Waals surface area contributed by atoms with Crippen LogP contribution in [0.4, 0.5) is 37.2 Å². The molecule has 0 unspecified atom stereocenters. The van der Waals surface area contributed by atoms with E-state index in [4.69, 9.17) is 15.5 Å². The number of hydrogen-bond acceptors (Lipinski definition) is 9. The van der Waals surface area contributed by atoms with Crippen molar-refractivity contribution in [1.82, 2.24) is 20.2 Å².